The first kappa shape index (κ1) is 22.5. The van der Waals surface area contributed by atoms with Gasteiger partial charge in [-0.3, -0.25) is 9.59 Å². The van der Waals surface area contributed by atoms with Crippen LogP contribution < -0.4 is 9.47 Å². The molecule has 1 N–H and O–H groups in total. The second-order valence-corrected chi connectivity index (χ2v) is 7.78. The molecule has 0 radical (unpaired) electrons. The number of Topliss-reactive ketones (excluding diaryl/α,β-unsaturated/α-hetero) is 1. The van der Waals surface area contributed by atoms with Gasteiger partial charge in [0.25, 0.3) is 11.7 Å². The fourth-order valence-corrected chi connectivity index (χ4v) is 3.96. The zero-order valence-electron chi connectivity index (χ0n) is 18.1. The molecule has 7 nitrogen and oxygen atoms in total. The molecule has 0 bridgehead atoms. The van der Waals surface area contributed by atoms with Gasteiger partial charge in [-0.25, -0.2) is 0 Å². The second kappa shape index (κ2) is 9.42. The molecule has 1 atom stereocenters. The Morgan fingerprint density at radius 1 is 1.15 bits per heavy atom. The summed E-state index contributed by atoms with van der Waals surface area (Å²) in [5.41, 5.74) is 1.04. The van der Waals surface area contributed by atoms with Crippen LogP contribution in [-0.4, -0.2) is 35.4 Å². The normalized spacial score (nSPS) is 17.4. The van der Waals surface area contributed by atoms with Crippen LogP contribution in [0.3, 0.4) is 0 Å². The van der Waals surface area contributed by atoms with Crippen LogP contribution in [0.5, 0.6) is 11.5 Å². The number of methoxy groups -OCH3 is 1. The van der Waals surface area contributed by atoms with Crippen LogP contribution in [0.4, 0.5) is 0 Å². The van der Waals surface area contributed by atoms with Crippen LogP contribution in [0, 0.1) is 0 Å². The van der Waals surface area contributed by atoms with Gasteiger partial charge >= 0.3 is 0 Å². The molecule has 0 aliphatic carbocycles. The molecule has 1 saturated heterocycles. The van der Waals surface area contributed by atoms with Gasteiger partial charge in [0.15, 0.2) is 0 Å². The quantitative estimate of drug-likeness (QED) is 0.300. The monoisotopic (exact) mass is 467 g/mol. The SMILES string of the molecule is CCOc1cc(/C(O)=C2/C(=O)C(=O)N(Cc3ccc(OC)cc3)C2c2ccco2)ccc1Cl. The van der Waals surface area contributed by atoms with E-state index in [4.69, 9.17) is 25.5 Å². The summed E-state index contributed by atoms with van der Waals surface area (Å²) in [4.78, 5) is 27.5. The number of hydrogen-bond acceptors (Lipinski definition) is 6. The number of likely N-dealkylation sites (tertiary alicyclic amines) is 1. The molecule has 1 aromatic heterocycles. The summed E-state index contributed by atoms with van der Waals surface area (Å²) < 4.78 is 16.2. The zero-order valence-corrected chi connectivity index (χ0v) is 18.8. The fourth-order valence-electron chi connectivity index (χ4n) is 3.79. The first-order valence-corrected chi connectivity index (χ1v) is 10.7. The van der Waals surface area contributed by atoms with Crippen LogP contribution in [-0.2, 0) is 16.1 Å². The lowest BCUT2D eigenvalue weighted by molar-refractivity contribution is -0.140. The highest BCUT2D eigenvalue weighted by atomic mass is 35.5. The number of nitrogens with zero attached hydrogens (tertiary/aromatic N) is 1. The number of aliphatic hydroxyl groups excluding tert-OH is 1. The van der Waals surface area contributed by atoms with E-state index in [1.54, 1.807) is 43.5 Å². The van der Waals surface area contributed by atoms with Gasteiger partial charge in [0.05, 0.1) is 30.6 Å². The second-order valence-electron chi connectivity index (χ2n) is 7.37. The van der Waals surface area contributed by atoms with E-state index in [1.165, 1.54) is 17.2 Å². The van der Waals surface area contributed by atoms with Gasteiger partial charge < -0.3 is 23.9 Å². The number of furan rings is 1. The molecular weight excluding hydrogens is 446 g/mol. The van der Waals surface area contributed by atoms with E-state index in [0.29, 0.717) is 34.5 Å². The lowest BCUT2D eigenvalue weighted by atomic mass is 9.99. The van der Waals surface area contributed by atoms with Crippen molar-refractivity contribution in [2.24, 2.45) is 0 Å². The molecule has 4 rings (SSSR count). The van der Waals surface area contributed by atoms with E-state index in [-0.39, 0.29) is 17.9 Å². The number of hydrogen-bond donors (Lipinski definition) is 1. The van der Waals surface area contributed by atoms with Gasteiger partial charge in [0.2, 0.25) is 0 Å². The van der Waals surface area contributed by atoms with Gasteiger partial charge in [0.1, 0.15) is 29.1 Å². The first-order chi connectivity index (χ1) is 15.9. The molecule has 0 spiro atoms. The molecular formula is C25H22ClNO6. The minimum absolute atomic E-state index is 0.0618. The van der Waals surface area contributed by atoms with Gasteiger partial charge in [-0.1, -0.05) is 23.7 Å². The van der Waals surface area contributed by atoms with Crippen molar-refractivity contribution in [1.82, 2.24) is 4.90 Å². The van der Waals surface area contributed by atoms with Gasteiger partial charge in [-0.05, 0) is 55.0 Å². The van der Waals surface area contributed by atoms with E-state index >= 15 is 0 Å². The molecule has 8 heteroatoms. The topological polar surface area (TPSA) is 89.2 Å². The molecule has 1 aliphatic heterocycles. The summed E-state index contributed by atoms with van der Waals surface area (Å²) in [6.07, 6.45) is 1.46. The van der Waals surface area contributed by atoms with Crippen molar-refractivity contribution < 1.29 is 28.6 Å². The van der Waals surface area contributed by atoms with E-state index in [0.717, 1.165) is 5.56 Å². The molecule has 1 fully saturated rings. The molecule has 33 heavy (non-hydrogen) atoms. The fraction of sp³-hybridized carbons (Fsp3) is 0.200. The summed E-state index contributed by atoms with van der Waals surface area (Å²) in [5.74, 6) is -0.447. The number of amides is 1. The zero-order chi connectivity index (χ0) is 23.5. The lowest BCUT2D eigenvalue weighted by Crippen LogP contribution is -2.29. The van der Waals surface area contributed by atoms with Crippen molar-refractivity contribution in [2.75, 3.05) is 13.7 Å². The summed E-state index contributed by atoms with van der Waals surface area (Å²) in [7, 11) is 1.57. The van der Waals surface area contributed by atoms with Crippen LogP contribution in [0.1, 0.15) is 29.9 Å². The Kier molecular flexibility index (Phi) is 6.42. The Balaban J connectivity index is 1.79. The molecule has 3 aromatic rings. The summed E-state index contributed by atoms with van der Waals surface area (Å²) in [6, 6.07) is 14.3. The Hall–Kier alpha value is -3.71. The Morgan fingerprint density at radius 2 is 1.91 bits per heavy atom. The van der Waals surface area contributed by atoms with Crippen molar-refractivity contribution in [3.8, 4) is 11.5 Å². The molecule has 1 amide bonds. The Bertz CT molecular complexity index is 1200. The average Bonchev–Trinajstić information content (AvgIpc) is 3.43. The van der Waals surface area contributed by atoms with Crippen LogP contribution >= 0.6 is 11.6 Å². The van der Waals surface area contributed by atoms with Crippen LogP contribution in [0.2, 0.25) is 5.02 Å². The number of carbonyl (C=O) groups is 2. The number of carbonyl (C=O) groups excluding carboxylic acids is 2. The minimum Gasteiger partial charge on any atom is -0.507 e. The third-order valence-electron chi connectivity index (χ3n) is 5.37. The largest absolute Gasteiger partial charge is 0.507 e. The number of halogens is 1. The highest BCUT2D eigenvalue weighted by molar-refractivity contribution is 6.46. The highest BCUT2D eigenvalue weighted by Gasteiger charge is 2.47. The van der Waals surface area contributed by atoms with E-state index in [2.05, 4.69) is 0 Å². The molecule has 2 aromatic carbocycles. The standard InChI is InChI=1S/C25H22ClNO6/c1-3-32-20-13-16(8-11-18(20)26)23(28)21-22(19-5-4-12-33-19)27(25(30)24(21)29)14-15-6-9-17(31-2)10-7-15/h4-13,22,28H,3,14H2,1-2H3/b23-21-. The molecule has 0 saturated carbocycles. The van der Waals surface area contributed by atoms with Crippen molar-refractivity contribution in [3.05, 3.63) is 88.3 Å². The molecule has 170 valence electrons. The number of ketones is 1. The predicted molar refractivity (Wildman–Crippen MR) is 122 cm³/mol. The number of ether oxygens (including phenoxy) is 2. The summed E-state index contributed by atoms with van der Waals surface area (Å²) in [6.45, 7) is 2.33. The van der Waals surface area contributed by atoms with E-state index in [9.17, 15) is 14.7 Å². The van der Waals surface area contributed by atoms with Crippen molar-refractivity contribution in [2.45, 2.75) is 19.5 Å². The highest BCUT2D eigenvalue weighted by Crippen LogP contribution is 2.41. The van der Waals surface area contributed by atoms with Gasteiger partial charge in [-0.15, -0.1) is 0 Å². The maximum Gasteiger partial charge on any atom is 0.296 e. The molecule has 1 aliphatic rings. The lowest BCUT2D eigenvalue weighted by Gasteiger charge is -2.23. The smallest absolute Gasteiger partial charge is 0.296 e. The van der Waals surface area contributed by atoms with Crippen molar-refractivity contribution >= 4 is 29.1 Å². The summed E-state index contributed by atoms with van der Waals surface area (Å²) >= 11 is 6.16. The molecule has 2 heterocycles. The maximum absolute atomic E-state index is 13.1. The number of benzene rings is 2. The average molecular weight is 468 g/mol. The number of aliphatic hydroxyl groups is 1. The van der Waals surface area contributed by atoms with Crippen LogP contribution in [0.25, 0.3) is 5.76 Å². The first-order valence-electron chi connectivity index (χ1n) is 10.3. The molecule has 1 unspecified atom stereocenters. The van der Waals surface area contributed by atoms with Crippen molar-refractivity contribution in [1.29, 1.82) is 0 Å². The summed E-state index contributed by atoms with van der Waals surface area (Å²) in [5, 5.41) is 11.5. The van der Waals surface area contributed by atoms with Gasteiger partial charge in [0, 0.05) is 12.1 Å². The van der Waals surface area contributed by atoms with E-state index < -0.39 is 17.7 Å². The third-order valence-corrected chi connectivity index (χ3v) is 5.68. The Morgan fingerprint density at radius 3 is 2.55 bits per heavy atom. The minimum atomic E-state index is -0.895. The predicted octanol–water partition coefficient (Wildman–Crippen LogP) is 4.96. The van der Waals surface area contributed by atoms with Crippen molar-refractivity contribution in [3.63, 3.8) is 0 Å². The third kappa shape index (κ3) is 4.32. The van der Waals surface area contributed by atoms with E-state index in [1.807, 2.05) is 19.1 Å². The van der Waals surface area contributed by atoms with Crippen LogP contribution in [0.15, 0.2) is 70.9 Å². The Labute approximate surface area is 195 Å². The van der Waals surface area contributed by atoms with Gasteiger partial charge in [-0.2, -0.15) is 0 Å². The maximum atomic E-state index is 13.1. The number of rotatable bonds is 7.